The molecule has 6 nitrogen and oxygen atoms in total. The summed E-state index contributed by atoms with van der Waals surface area (Å²) in [4.78, 5) is 38.8. The lowest BCUT2D eigenvalue weighted by Gasteiger charge is -2.50. The second kappa shape index (κ2) is 6.17. The highest BCUT2D eigenvalue weighted by atomic mass is 16.5. The Hall–Kier alpha value is -2.37. The van der Waals surface area contributed by atoms with Crippen LogP contribution in [0.4, 0.5) is 0 Å². The van der Waals surface area contributed by atoms with E-state index in [-0.39, 0.29) is 36.4 Å². The van der Waals surface area contributed by atoms with Crippen molar-refractivity contribution in [3.63, 3.8) is 0 Å². The molecule has 0 spiro atoms. The zero-order valence-corrected chi connectivity index (χ0v) is 14.1. The number of ether oxygens (including phenoxy) is 2. The Morgan fingerprint density at radius 2 is 2.16 bits per heavy atom. The van der Waals surface area contributed by atoms with Gasteiger partial charge in [0.25, 0.3) is 0 Å². The molecular formula is C19H21NO5. The Balaban J connectivity index is 1.58. The van der Waals surface area contributed by atoms with Gasteiger partial charge in [-0.15, -0.1) is 0 Å². The third-order valence-electron chi connectivity index (χ3n) is 5.72. The highest BCUT2D eigenvalue weighted by molar-refractivity contribution is 6.38. The number of fused-ring (bicyclic) bond motifs is 2. The summed E-state index contributed by atoms with van der Waals surface area (Å²) in [7, 11) is 0. The van der Waals surface area contributed by atoms with E-state index < -0.39 is 17.7 Å². The normalized spacial score (nSPS) is 35.2. The lowest BCUT2D eigenvalue weighted by molar-refractivity contribution is -0.158. The van der Waals surface area contributed by atoms with Gasteiger partial charge >= 0.3 is 5.97 Å². The van der Waals surface area contributed by atoms with Gasteiger partial charge in [-0.2, -0.15) is 0 Å². The van der Waals surface area contributed by atoms with Gasteiger partial charge in [0.2, 0.25) is 5.78 Å². The third kappa shape index (κ3) is 2.60. The van der Waals surface area contributed by atoms with E-state index in [1.165, 1.54) is 5.57 Å². The zero-order chi connectivity index (χ0) is 17.6. The van der Waals surface area contributed by atoms with Crippen LogP contribution in [0.1, 0.15) is 26.2 Å². The maximum Gasteiger partial charge on any atom is 0.375 e. The molecule has 2 heterocycles. The molecule has 0 N–H and O–H groups in total. The van der Waals surface area contributed by atoms with Gasteiger partial charge in [0.05, 0.1) is 24.8 Å². The summed E-state index contributed by atoms with van der Waals surface area (Å²) in [6.07, 6.45) is 11.2. The van der Waals surface area contributed by atoms with Gasteiger partial charge in [0, 0.05) is 18.8 Å². The van der Waals surface area contributed by atoms with Crippen LogP contribution in [0, 0.1) is 17.8 Å². The van der Waals surface area contributed by atoms with Crippen LogP contribution >= 0.6 is 0 Å². The summed E-state index contributed by atoms with van der Waals surface area (Å²) in [5.74, 6) is -2.33. The number of ketones is 2. The summed E-state index contributed by atoms with van der Waals surface area (Å²) >= 11 is 0. The second-order valence-electron chi connectivity index (χ2n) is 7.01. The van der Waals surface area contributed by atoms with E-state index >= 15 is 0 Å². The van der Waals surface area contributed by atoms with Gasteiger partial charge in [-0.05, 0) is 43.3 Å². The van der Waals surface area contributed by atoms with Crippen LogP contribution in [0.15, 0.2) is 36.4 Å². The van der Waals surface area contributed by atoms with Crippen molar-refractivity contribution in [2.24, 2.45) is 17.8 Å². The van der Waals surface area contributed by atoms with Crippen LogP contribution in [0.2, 0.25) is 0 Å². The van der Waals surface area contributed by atoms with Gasteiger partial charge in [-0.25, -0.2) is 4.79 Å². The van der Waals surface area contributed by atoms with Crippen molar-refractivity contribution in [3.05, 3.63) is 36.4 Å². The molecule has 0 saturated heterocycles. The number of hydrogen-bond donors (Lipinski definition) is 0. The van der Waals surface area contributed by atoms with Gasteiger partial charge in [-0.3, -0.25) is 9.59 Å². The minimum atomic E-state index is -0.893. The second-order valence-corrected chi connectivity index (χ2v) is 7.01. The molecule has 0 radical (unpaired) electrons. The van der Waals surface area contributed by atoms with Crippen molar-refractivity contribution < 1.29 is 23.9 Å². The number of hydrogen-bond acceptors (Lipinski definition) is 6. The standard InChI is InChI=1S/C19H21NO5/c1-2-24-19(23)18(22)14-8-11-9-16-17-12(13(11)10-15(14)21)4-3-5-20(17)6-7-25-16/h3-7,11,13-14,16-17H,2,8-10H2,1H3. The molecule has 4 rings (SSSR count). The lowest BCUT2D eigenvalue weighted by Crippen LogP contribution is -2.54. The van der Waals surface area contributed by atoms with E-state index in [0.29, 0.717) is 12.8 Å². The number of carbonyl (C=O) groups is 3. The van der Waals surface area contributed by atoms with E-state index in [1.807, 2.05) is 18.5 Å². The average molecular weight is 343 g/mol. The fraction of sp³-hybridized carbons (Fsp3) is 0.526. The molecule has 5 atom stereocenters. The van der Waals surface area contributed by atoms with Crippen LogP contribution < -0.4 is 0 Å². The van der Waals surface area contributed by atoms with Crippen molar-refractivity contribution in [1.82, 2.24) is 4.90 Å². The summed E-state index contributed by atoms with van der Waals surface area (Å²) in [5, 5.41) is 0. The monoisotopic (exact) mass is 343 g/mol. The Kier molecular flexibility index (Phi) is 3.98. The lowest BCUT2D eigenvalue weighted by atomic mass is 9.61. The molecule has 0 aromatic carbocycles. The van der Waals surface area contributed by atoms with Crippen molar-refractivity contribution in [3.8, 4) is 0 Å². The molecule has 25 heavy (non-hydrogen) atoms. The first-order valence-electron chi connectivity index (χ1n) is 8.81. The number of esters is 1. The molecule has 5 unspecified atom stereocenters. The molecule has 0 amide bonds. The largest absolute Gasteiger partial charge is 0.494 e. The topological polar surface area (TPSA) is 72.9 Å². The van der Waals surface area contributed by atoms with Crippen molar-refractivity contribution in [2.45, 2.75) is 38.3 Å². The molecular weight excluding hydrogens is 322 g/mol. The first-order valence-corrected chi connectivity index (χ1v) is 8.81. The van der Waals surface area contributed by atoms with Crippen molar-refractivity contribution in [2.75, 3.05) is 6.61 Å². The molecule has 4 aliphatic rings. The van der Waals surface area contributed by atoms with E-state index in [4.69, 9.17) is 9.47 Å². The number of rotatable bonds is 3. The van der Waals surface area contributed by atoms with Gasteiger partial charge in [-0.1, -0.05) is 6.08 Å². The predicted molar refractivity (Wildman–Crippen MR) is 87.8 cm³/mol. The summed E-state index contributed by atoms with van der Waals surface area (Å²) in [6, 6.07) is 0.126. The summed E-state index contributed by atoms with van der Waals surface area (Å²) in [6.45, 7) is 1.78. The molecule has 2 aliphatic carbocycles. The Labute approximate surface area is 146 Å². The molecule has 2 aliphatic heterocycles. The maximum atomic E-state index is 12.6. The van der Waals surface area contributed by atoms with Gasteiger partial charge < -0.3 is 14.4 Å². The fourth-order valence-electron chi connectivity index (χ4n) is 4.64. The molecule has 2 fully saturated rings. The van der Waals surface area contributed by atoms with Crippen LogP contribution in [-0.2, 0) is 23.9 Å². The molecule has 0 aromatic rings. The van der Waals surface area contributed by atoms with Gasteiger partial charge in [0.15, 0.2) is 0 Å². The van der Waals surface area contributed by atoms with Crippen LogP contribution in [0.5, 0.6) is 0 Å². The molecule has 6 heteroatoms. The van der Waals surface area contributed by atoms with E-state index in [0.717, 1.165) is 6.42 Å². The Morgan fingerprint density at radius 1 is 1.32 bits per heavy atom. The Bertz CT molecular complexity index is 707. The first kappa shape index (κ1) is 16.1. The number of Topliss-reactive ketones (excluding diaryl/α,β-unsaturated/α-hetero) is 2. The quantitative estimate of drug-likeness (QED) is 0.441. The molecule has 2 saturated carbocycles. The number of carbonyl (C=O) groups excluding carboxylic acids is 3. The Morgan fingerprint density at radius 3 is 2.96 bits per heavy atom. The smallest absolute Gasteiger partial charge is 0.375 e. The highest BCUT2D eigenvalue weighted by Crippen LogP contribution is 2.48. The summed E-state index contributed by atoms with van der Waals surface area (Å²) < 4.78 is 10.6. The number of allylic oxidation sites excluding steroid dienone is 2. The average Bonchev–Trinajstić information content (AvgIpc) is 2.62. The molecule has 132 valence electrons. The number of nitrogens with zero attached hydrogens (tertiary/aromatic N) is 1. The molecule has 0 aromatic heterocycles. The van der Waals surface area contributed by atoms with Crippen molar-refractivity contribution >= 4 is 17.5 Å². The van der Waals surface area contributed by atoms with Crippen LogP contribution in [0.3, 0.4) is 0 Å². The minimum Gasteiger partial charge on any atom is -0.494 e. The van der Waals surface area contributed by atoms with Crippen molar-refractivity contribution in [1.29, 1.82) is 0 Å². The predicted octanol–water partition coefficient (Wildman–Crippen LogP) is 1.73. The molecule has 0 bridgehead atoms. The highest BCUT2D eigenvalue weighted by Gasteiger charge is 2.51. The van der Waals surface area contributed by atoms with E-state index in [9.17, 15) is 14.4 Å². The maximum absolute atomic E-state index is 12.6. The first-order chi connectivity index (χ1) is 12.1. The summed E-state index contributed by atoms with van der Waals surface area (Å²) in [5.41, 5.74) is 1.20. The van der Waals surface area contributed by atoms with Gasteiger partial charge in [0.1, 0.15) is 11.9 Å². The minimum absolute atomic E-state index is 0.00833. The third-order valence-corrected chi connectivity index (χ3v) is 5.72. The van der Waals surface area contributed by atoms with Crippen LogP contribution in [0.25, 0.3) is 0 Å². The van der Waals surface area contributed by atoms with Crippen LogP contribution in [-0.4, -0.2) is 41.2 Å². The van der Waals surface area contributed by atoms with E-state index in [1.54, 1.807) is 13.2 Å². The van der Waals surface area contributed by atoms with E-state index in [2.05, 4.69) is 11.0 Å². The zero-order valence-electron chi connectivity index (χ0n) is 14.1. The fourth-order valence-corrected chi connectivity index (χ4v) is 4.64. The SMILES string of the molecule is CCOC(=O)C(=O)C1CC2CC3OC=CN4C=CC=C(C2CC1=O)C34.